The van der Waals surface area contributed by atoms with Crippen LogP contribution in [0.1, 0.15) is 22.5 Å². The molecule has 1 saturated heterocycles. The van der Waals surface area contributed by atoms with Crippen LogP contribution in [-0.2, 0) is 9.84 Å². The molecule has 7 nitrogen and oxygen atoms in total. The van der Waals surface area contributed by atoms with Gasteiger partial charge in [0.25, 0.3) is 0 Å². The monoisotopic (exact) mass is 366 g/mol. The number of hydrazine groups is 1. The number of carbonyl (C=O) groups excluding carboxylic acids is 1. The molecule has 2 aromatic rings. The van der Waals surface area contributed by atoms with Crippen LogP contribution >= 0.6 is 0 Å². The lowest BCUT2D eigenvalue weighted by Crippen LogP contribution is -2.49. The Morgan fingerprint density at radius 2 is 2.04 bits per heavy atom. The molecule has 136 valence electrons. The van der Waals surface area contributed by atoms with Crippen molar-refractivity contribution in [3.63, 3.8) is 0 Å². The van der Waals surface area contributed by atoms with Crippen molar-refractivity contribution >= 4 is 26.7 Å². The summed E-state index contributed by atoms with van der Waals surface area (Å²) < 4.78 is 34.6. The molecule has 0 radical (unpaired) electrons. The van der Waals surface area contributed by atoms with Gasteiger partial charge in [0, 0.05) is 25.0 Å². The van der Waals surface area contributed by atoms with Crippen LogP contribution in [0.4, 0.5) is 0 Å². The predicted molar refractivity (Wildman–Crippen MR) is 94.4 cm³/mol. The molecule has 2 heterocycles. The van der Waals surface area contributed by atoms with Gasteiger partial charge in [0.2, 0.25) is 0 Å². The summed E-state index contributed by atoms with van der Waals surface area (Å²) in [6.07, 6.45) is 0.430. The van der Waals surface area contributed by atoms with Crippen LogP contribution in [0.2, 0.25) is 0 Å². The van der Waals surface area contributed by atoms with Gasteiger partial charge in [0.1, 0.15) is 11.3 Å². The molecule has 0 unspecified atom stereocenters. The molecule has 3 rings (SSSR count). The Morgan fingerprint density at radius 3 is 2.60 bits per heavy atom. The lowest BCUT2D eigenvalue weighted by molar-refractivity contribution is -0.00160. The Hall–Kier alpha value is -2.06. The number of amides is 1. The summed E-state index contributed by atoms with van der Waals surface area (Å²) in [7, 11) is 1.93. The maximum absolute atomic E-state index is 13.1. The van der Waals surface area contributed by atoms with E-state index in [9.17, 15) is 13.2 Å². The molecule has 0 bridgehead atoms. The minimum absolute atomic E-state index is 0.0238. The Morgan fingerprint density at radius 1 is 1.32 bits per heavy atom. The number of rotatable bonds is 4. The minimum atomic E-state index is -3.10. The highest BCUT2D eigenvalue weighted by Gasteiger charge is 2.38. The molecule has 1 atom stereocenters. The summed E-state index contributed by atoms with van der Waals surface area (Å²) >= 11 is 0. The van der Waals surface area contributed by atoms with Gasteiger partial charge in [-0.2, -0.15) is 0 Å². The minimum Gasteiger partial charge on any atom is -0.497 e. The van der Waals surface area contributed by atoms with Crippen LogP contribution < -0.4 is 4.74 Å². The van der Waals surface area contributed by atoms with Crippen LogP contribution in [0.3, 0.4) is 0 Å². The van der Waals surface area contributed by atoms with E-state index in [2.05, 4.69) is 0 Å². The Balaban J connectivity index is 2.00. The van der Waals surface area contributed by atoms with E-state index in [1.165, 1.54) is 5.01 Å². The molecule has 1 aliphatic rings. The first-order chi connectivity index (χ1) is 11.7. The van der Waals surface area contributed by atoms with E-state index in [0.29, 0.717) is 23.3 Å². The van der Waals surface area contributed by atoms with Crippen LogP contribution in [0, 0.1) is 6.92 Å². The normalized spacial score (nSPS) is 19.5. The van der Waals surface area contributed by atoms with Crippen molar-refractivity contribution in [2.75, 3.05) is 32.7 Å². The van der Waals surface area contributed by atoms with E-state index in [1.54, 1.807) is 38.3 Å². The fraction of sp³-hybridized carbons (Fsp3) is 0.471. The predicted octanol–water partition coefficient (Wildman–Crippen LogP) is 1.86. The molecule has 1 fully saturated rings. The van der Waals surface area contributed by atoms with Gasteiger partial charge >= 0.3 is 5.91 Å². The van der Waals surface area contributed by atoms with Crippen molar-refractivity contribution < 1.29 is 22.4 Å². The van der Waals surface area contributed by atoms with Gasteiger partial charge in [-0.3, -0.25) is 9.80 Å². The van der Waals surface area contributed by atoms with Gasteiger partial charge in [0.15, 0.2) is 15.6 Å². The van der Waals surface area contributed by atoms with Crippen molar-refractivity contribution in [3.8, 4) is 5.75 Å². The van der Waals surface area contributed by atoms with E-state index >= 15 is 0 Å². The Kier molecular flexibility index (Phi) is 4.51. The lowest BCUT2D eigenvalue weighted by Gasteiger charge is -2.33. The second kappa shape index (κ2) is 6.34. The summed E-state index contributed by atoms with van der Waals surface area (Å²) in [5, 5.41) is 3.91. The van der Waals surface area contributed by atoms with Gasteiger partial charge in [0.05, 0.1) is 24.7 Å². The molecule has 0 spiro atoms. The van der Waals surface area contributed by atoms with Gasteiger partial charge in [-0.15, -0.1) is 0 Å². The summed E-state index contributed by atoms with van der Waals surface area (Å²) in [5.74, 6) is 0.651. The van der Waals surface area contributed by atoms with Crippen molar-refractivity contribution in [1.82, 2.24) is 10.0 Å². The highest BCUT2D eigenvalue weighted by molar-refractivity contribution is 7.91. The maximum atomic E-state index is 13.1. The first-order valence-electron chi connectivity index (χ1n) is 8.02. The van der Waals surface area contributed by atoms with Gasteiger partial charge in [-0.25, -0.2) is 13.4 Å². The number of hydrogen-bond acceptors (Lipinski definition) is 6. The zero-order valence-corrected chi connectivity index (χ0v) is 15.6. The third kappa shape index (κ3) is 3.23. The molecule has 1 aromatic heterocycles. The zero-order valence-electron chi connectivity index (χ0n) is 14.8. The average molecular weight is 366 g/mol. The first-order valence-corrected chi connectivity index (χ1v) is 9.84. The number of ether oxygens (including phenoxy) is 1. The third-order valence-electron chi connectivity index (χ3n) is 4.53. The van der Waals surface area contributed by atoms with E-state index in [1.807, 2.05) is 13.0 Å². The van der Waals surface area contributed by atoms with Crippen molar-refractivity contribution in [1.29, 1.82) is 0 Å². The van der Waals surface area contributed by atoms with Crippen LogP contribution in [-0.4, -0.2) is 63.1 Å². The molecule has 8 heteroatoms. The summed E-state index contributed by atoms with van der Waals surface area (Å²) in [6.45, 7) is 1.82. The molecular weight excluding hydrogens is 344 g/mol. The van der Waals surface area contributed by atoms with Crippen LogP contribution in [0.25, 0.3) is 11.0 Å². The van der Waals surface area contributed by atoms with Gasteiger partial charge in [-0.1, -0.05) is 0 Å². The van der Waals surface area contributed by atoms with E-state index < -0.39 is 9.84 Å². The summed E-state index contributed by atoms with van der Waals surface area (Å²) in [4.78, 5) is 13.1. The molecule has 1 aliphatic heterocycles. The SMILES string of the molecule is COc1ccc2oc(C(=O)N([C@@H]3CCS(=O)(=O)C3)N(C)C)c(C)c2c1. The quantitative estimate of drug-likeness (QED) is 0.769. The largest absolute Gasteiger partial charge is 0.497 e. The number of methoxy groups -OCH3 is 1. The molecule has 25 heavy (non-hydrogen) atoms. The molecular formula is C17H22N2O5S. The van der Waals surface area contributed by atoms with E-state index in [4.69, 9.17) is 9.15 Å². The number of fused-ring (bicyclic) bond motifs is 1. The summed E-state index contributed by atoms with van der Waals surface area (Å²) in [6, 6.07) is 4.98. The number of nitrogens with zero attached hydrogens (tertiary/aromatic N) is 2. The van der Waals surface area contributed by atoms with Crippen LogP contribution in [0.15, 0.2) is 22.6 Å². The fourth-order valence-corrected chi connectivity index (χ4v) is 4.97. The molecule has 1 amide bonds. The van der Waals surface area contributed by atoms with E-state index in [0.717, 1.165) is 5.39 Å². The first kappa shape index (κ1) is 17.8. The van der Waals surface area contributed by atoms with Crippen molar-refractivity contribution in [2.45, 2.75) is 19.4 Å². The lowest BCUT2D eigenvalue weighted by atomic mass is 10.1. The Bertz CT molecular complexity index is 917. The molecule has 0 saturated carbocycles. The van der Waals surface area contributed by atoms with Gasteiger partial charge in [-0.05, 0) is 31.5 Å². The van der Waals surface area contributed by atoms with Crippen molar-refractivity contribution in [2.24, 2.45) is 0 Å². The molecule has 0 aliphatic carbocycles. The zero-order chi connectivity index (χ0) is 18.4. The number of aryl methyl sites for hydroxylation is 1. The summed E-state index contributed by atoms with van der Waals surface area (Å²) in [5.41, 5.74) is 1.31. The second-order valence-corrected chi connectivity index (χ2v) is 8.70. The number of sulfone groups is 1. The average Bonchev–Trinajstić information content (AvgIpc) is 3.07. The highest BCUT2D eigenvalue weighted by Crippen LogP contribution is 2.31. The fourth-order valence-electron chi connectivity index (χ4n) is 3.28. The smallest absolute Gasteiger partial charge is 0.304 e. The molecule has 0 N–H and O–H groups in total. The number of hydrogen-bond donors (Lipinski definition) is 0. The standard InChI is InChI=1S/C17H22N2O5S/c1-11-14-9-13(23-4)5-6-15(14)24-16(11)17(20)19(18(2)3)12-7-8-25(21,22)10-12/h5-6,9,12H,7-8,10H2,1-4H3/t12-/m1/s1. The van der Waals surface area contributed by atoms with Gasteiger partial charge < -0.3 is 9.15 Å². The highest BCUT2D eigenvalue weighted by atomic mass is 32.2. The maximum Gasteiger partial charge on any atom is 0.304 e. The van der Waals surface area contributed by atoms with E-state index in [-0.39, 0.29) is 29.2 Å². The molecule has 1 aromatic carbocycles. The number of benzene rings is 1. The number of carbonyl (C=O) groups is 1. The Labute approximate surface area is 147 Å². The number of furan rings is 1. The van der Waals surface area contributed by atoms with Crippen LogP contribution in [0.5, 0.6) is 5.75 Å². The van der Waals surface area contributed by atoms with Crippen molar-refractivity contribution in [3.05, 3.63) is 29.5 Å². The third-order valence-corrected chi connectivity index (χ3v) is 6.28. The topological polar surface area (TPSA) is 80.1 Å². The second-order valence-electron chi connectivity index (χ2n) is 6.47.